The van der Waals surface area contributed by atoms with Crippen LogP contribution in [0.4, 0.5) is 9.59 Å². The highest BCUT2D eigenvalue weighted by molar-refractivity contribution is 5.91. The lowest BCUT2D eigenvalue weighted by Crippen LogP contribution is -2.46. The molecule has 122 heavy (non-hydrogen) atoms. The van der Waals surface area contributed by atoms with Crippen LogP contribution < -0.4 is 64.6 Å². The van der Waals surface area contributed by atoms with Gasteiger partial charge >= 0.3 is 12.1 Å². The van der Waals surface area contributed by atoms with Gasteiger partial charge in [0.1, 0.15) is 0 Å². The number of para-hydroxylation sites is 1. The lowest BCUT2D eigenvalue weighted by atomic mass is 9.92. The van der Waals surface area contributed by atoms with Crippen molar-refractivity contribution < 1.29 is 47.9 Å². The number of carbonyl (C=O) groups excluding carboxylic acids is 10. The van der Waals surface area contributed by atoms with Gasteiger partial charge in [-0.05, 0) is 99.0 Å². The first-order valence-corrected chi connectivity index (χ1v) is 46.0. The standard InChI is InChI=1S/C18H25NO.C17H24N2O.2C12H25N3O2.2C11H23NO.2C9H19NO/c1-12(2)18(20)17(19-13(3)4)11-15-10-9-14-7-5-6-8-16(14)15;1-11(2)17(20)16(19-12(3)4)9-13-10-18-15-8-6-5-7-14(13)15;2*1-8(2)11(16)10(15-9(3)4)6-5-7-14-12(13)17;2*1-7(2)10(12-9(5)6)11(13)8(3)4;2*1-6(2)9(11)8(5)10-7(3)4/h5-8,10,12-13,17,19H,9,11H2,1-4H3;5-8,10-12,16,18-19H,9H2,1-4H3;2*8-10,15H,5-7H2,1-4H3,(H3,13,14,17);2*7-10,12H,1-6H3;2*6-8,10H,1-5H3/t17-;16-;4*10-;2*8-/m00000010/s1. The monoisotopic (exact) mass is 1710 g/mol. The third-order valence-corrected chi connectivity index (χ3v) is 19.4. The Kier molecular flexibility index (Phi) is 65.6. The number of carbonyl (C=O) groups is 10. The van der Waals surface area contributed by atoms with Gasteiger partial charge in [-0.3, -0.25) is 38.4 Å². The van der Waals surface area contributed by atoms with Crippen molar-refractivity contribution in [3.05, 3.63) is 77.5 Å². The zero-order valence-corrected chi connectivity index (χ0v) is 83.9. The summed E-state index contributed by atoms with van der Waals surface area (Å²) in [4.78, 5) is 119. The molecule has 8 atom stereocenters. The van der Waals surface area contributed by atoms with E-state index in [1.54, 1.807) is 0 Å². The number of fused-ring (bicyclic) bond motifs is 2. The summed E-state index contributed by atoms with van der Waals surface area (Å²) in [6.45, 7) is 77.1. The van der Waals surface area contributed by atoms with Gasteiger partial charge < -0.3 is 69.6 Å². The number of H-pyrrole nitrogens is 1. The molecular formula is C99H183N13O10. The molecule has 0 saturated carbocycles. The molecule has 0 bridgehead atoms. The van der Waals surface area contributed by atoms with E-state index < -0.39 is 12.1 Å². The predicted molar refractivity (Wildman–Crippen MR) is 515 cm³/mol. The van der Waals surface area contributed by atoms with Gasteiger partial charge in [0.05, 0.1) is 48.3 Å². The number of aromatic amines is 1. The van der Waals surface area contributed by atoms with Crippen molar-refractivity contribution in [1.29, 1.82) is 0 Å². The number of nitrogens with one attached hydrogen (secondary N) is 11. The molecule has 1 aliphatic carbocycles. The average Bonchev–Trinajstić information content (AvgIpc) is 1.69. The van der Waals surface area contributed by atoms with Crippen molar-refractivity contribution in [2.24, 2.45) is 70.6 Å². The Hall–Kier alpha value is -6.70. The minimum Gasteiger partial charge on any atom is -0.361 e. The Labute approximate surface area is 743 Å². The quantitative estimate of drug-likeness (QED) is 0.0234. The topological polar surface area (TPSA) is 359 Å². The van der Waals surface area contributed by atoms with E-state index in [9.17, 15) is 47.9 Å². The van der Waals surface area contributed by atoms with E-state index in [2.05, 4.69) is 184 Å². The second kappa shape index (κ2) is 65.8. The van der Waals surface area contributed by atoms with Crippen LogP contribution in [0.5, 0.6) is 0 Å². The normalized spacial score (nSPS) is 13.9. The molecule has 0 fully saturated rings. The van der Waals surface area contributed by atoms with E-state index >= 15 is 0 Å². The van der Waals surface area contributed by atoms with Crippen molar-refractivity contribution in [1.82, 2.24) is 58.2 Å². The van der Waals surface area contributed by atoms with Crippen LogP contribution in [0.1, 0.15) is 312 Å². The van der Waals surface area contributed by atoms with Crippen molar-refractivity contribution in [2.45, 2.75) is 405 Å². The van der Waals surface area contributed by atoms with Crippen LogP contribution in [0.3, 0.4) is 0 Å². The molecule has 4 amide bonds. The lowest BCUT2D eigenvalue weighted by molar-refractivity contribution is -0.125. The molecule has 1 heterocycles. The van der Waals surface area contributed by atoms with E-state index in [0.717, 1.165) is 50.5 Å². The summed E-state index contributed by atoms with van der Waals surface area (Å²) in [5.74, 6) is 3.69. The number of primary amides is 2. The highest BCUT2D eigenvalue weighted by Crippen LogP contribution is 2.31. The van der Waals surface area contributed by atoms with Crippen molar-refractivity contribution in [3.8, 4) is 0 Å². The molecule has 2 aromatic carbocycles. The summed E-state index contributed by atoms with van der Waals surface area (Å²) in [6, 6.07) is 17.9. The Bertz CT molecular complexity index is 3330. The Morgan fingerprint density at radius 2 is 0.615 bits per heavy atom. The summed E-state index contributed by atoms with van der Waals surface area (Å²) in [5.41, 5.74) is 16.3. The van der Waals surface area contributed by atoms with Crippen LogP contribution in [0, 0.1) is 59.2 Å². The Morgan fingerprint density at radius 3 is 0.918 bits per heavy atom. The van der Waals surface area contributed by atoms with Crippen LogP contribution in [-0.2, 0) is 51.2 Å². The smallest absolute Gasteiger partial charge is 0.312 e. The first kappa shape index (κ1) is 122. The van der Waals surface area contributed by atoms with Crippen LogP contribution in [0.2, 0.25) is 0 Å². The number of benzene rings is 2. The summed E-state index contributed by atoms with van der Waals surface area (Å²) < 4.78 is 0. The first-order chi connectivity index (χ1) is 56.3. The van der Waals surface area contributed by atoms with Gasteiger partial charge in [0.15, 0.2) is 46.3 Å². The fraction of sp³-hybridized carbons (Fsp3) is 0.737. The number of amides is 4. The van der Waals surface area contributed by atoms with Gasteiger partial charge in [-0.2, -0.15) is 0 Å². The molecule has 0 unspecified atom stereocenters. The van der Waals surface area contributed by atoms with Gasteiger partial charge in [0.25, 0.3) is 0 Å². The summed E-state index contributed by atoms with van der Waals surface area (Å²) in [6.07, 6.45) is 9.74. The number of allylic oxidation sites excluding steroid dienone is 1. The van der Waals surface area contributed by atoms with Crippen LogP contribution in [0.25, 0.3) is 16.5 Å². The highest BCUT2D eigenvalue weighted by Gasteiger charge is 2.30. The SMILES string of the molecule is CC(C)N[C@@H](C)C(=O)C(C)C.CC(C)N[C@@H](CC1=CCc2ccccc21)C(=O)C(C)C.CC(C)N[C@@H](CCCNC(N)=O)C(=O)C(C)C.CC(C)N[C@@H](CCCNC(N)=O)C(=O)C(C)C.CC(C)N[C@@H](Cc1c[nH]c2ccccc12)C(=O)C(C)C.CC(C)N[C@H](C(=O)C(C)C)C(C)C.CC(C)N[C@H](C(=O)C(C)C)C(C)C.CC(C)N[C@H](C)C(=O)C(C)C. The van der Waals surface area contributed by atoms with E-state index in [1.165, 1.54) is 27.6 Å². The molecule has 0 aliphatic heterocycles. The van der Waals surface area contributed by atoms with Crippen LogP contribution >= 0.6 is 0 Å². The third-order valence-electron chi connectivity index (χ3n) is 19.4. The largest absolute Gasteiger partial charge is 0.361 e. The van der Waals surface area contributed by atoms with E-state index in [0.29, 0.717) is 90.1 Å². The molecule has 15 N–H and O–H groups in total. The number of hydrogen-bond donors (Lipinski definition) is 13. The van der Waals surface area contributed by atoms with Crippen molar-refractivity contribution in [2.75, 3.05) is 13.1 Å². The van der Waals surface area contributed by atoms with Crippen LogP contribution in [-0.4, -0.2) is 173 Å². The summed E-state index contributed by atoms with van der Waals surface area (Å²) in [5, 5.41) is 32.6. The van der Waals surface area contributed by atoms with Gasteiger partial charge in [-0.1, -0.05) is 298 Å². The molecule has 0 saturated heterocycles. The molecule has 704 valence electrons. The zero-order chi connectivity index (χ0) is 95.5. The van der Waals surface area contributed by atoms with E-state index in [1.807, 2.05) is 198 Å². The van der Waals surface area contributed by atoms with E-state index in [4.69, 9.17) is 11.5 Å². The number of urea groups is 2. The zero-order valence-electron chi connectivity index (χ0n) is 83.9. The first-order valence-electron chi connectivity index (χ1n) is 46.0. The number of ketones is 8. The fourth-order valence-corrected chi connectivity index (χ4v) is 13.4. The Balaban J connectivity index is -0.000000659. The number of aromatic nitrogens is 1. The molecule has 3 aromatic rings. The molecule has 1 aromatic heterocycles. The molecular weight excluding hydrogens is 1530 g/mol. The maximum absolute atomic E-state index is 12.4. The maximum Gasteiger partial charge on any atom is 0.312 e. The second-order valence-corrected chi connectivity index (χ2v) is 38.3. The average molecular weight is 1720 g/mol. The molecule has 23 heteroatoms. The van der Waals surface area contributed by atoms with Gasteiger partial charge in [0.2, 0.25) is 0 Å². The van der Waals surface area contributed by atoms with Gasteiger partial charge in [0, 0.05) is 126 Å². The summed E-state index contributed by atoms with van der Waals surface area (Å²) >= 11 is 0. The fourth-order valence-electron chi connectivity index (χ4n) is 13.4. The maximum atomic E-state index is 12.4. The lowest BCUT2D eigenvalue weighted by Gasteiger charge is -2.25. The Morgan fingerprint density at radius 1 is 0.328 bits per heavy atom. The van der Waals surface area contributed by atoms with Crippen molar-refractivity contribution in [3.63, 3.8) is 0 Å². The molecule has 23 nitrogen and oxygen atoms in total. The number of rotatable bonds is 46. The van der Waals surface area contributed by atoms with E-state index in [-0.39, 0.29) is 125 Å². The summed E-state index contributed by atoms with van der Waals surface area (Å²) in [7, 11) is 0. The minimum absolute atomic E-state index is 0.00463. The molecule has 0 spiro atoms. The number of hydrogen-bond acceptors (Lipinski definition) is 18. The minimum atomic E-state index is -0.520. The highest BCUT2D eigenvalue weighted by atomic mass is 16.2. The number of Topliss-reactive ketones (excluding diaryl/α,β-unsaturated/α-hetero) is 8. The van der Waals surface area contributed by atoms with Crippen LogP contribution in [0.15, 0.2) is 60.8 Å². The predicted octanol–water partition coefficient (Wildman–Crippen LogP) is 16.6. The van der Waals surface area contributed by atoms with Gasteiger partial charge in [-0.15, -0.1) is 0 Å². The number of nitrogens with two attached hydrogens (primary N) is 2. The van der Waals surface area contributed by atoms with Crippen molar-refractivity contribution >= 4 is 74.8 Å². The molecule has 0 radical (unpaired) electrons. The third kappa shape index (κ3) is 56.3. The second-order valence-electron chi connectivity index (χ2n) is 38.3. The van der Waals surface area contributed by atoms with Gasteiger partial charge in [-0.25, -0.2) is 9.59 Å². The molecule has 4 rings (SSSR count). The molecule has 1 aliphatic rings.